The molecule has 0 saturated carbocycles. The molecule has 1 aromatic rings. The molecule has 0 aliphatic carbocycles. The van der Waals surface area contributed by atoms with Gasteiger partial charge in [0, 0.05) is 13.1 Å². The van der Waals surface area contributed by atoms with Crippen molar-refractivity contribution in [1.29, 1.82) is 0 Å². The van der Waals surface area contributed by atoms with Crippen molar-refractivity contribution in [3.05, 3.63) is 29.3 Å². The van der Waals surface area contributed by atoms with Gasteiger partial charge < -0.3 is 4.90 Å². The first-order valence-electron chi connectivity index (χ1n) is 6.42. The highest BCUT2D eigenvalue weighted by Gasteiger charge is 2.32. The normalized spacial score (nSPS) is 22.6. The summed E-state index contributed by atoms with van der Waals surface area (Å²) in [6.07, 6.45) is 0. The lowest BCUT2D eigenvalue weighted by Crippen LogP contribution is -2.30. The average molecular weight is 318 g/mol. The lowest BCUT2D eigenvalue weighted by atomic mass is 10.0. The molecule has 21 heavy (non-hydrogen) atoms. The van der Waals surface area contributed by atoms with E-state index in [4.69, 9.17) is 5.14 Å². The van der Waals surface area contributed by atoms with Crippen LogP contribution in [0.5, 0.6) is 0 Å². The van der Waals surface area contributed by atoms with Crippen LogP contribution in [-0.2, 0) is 10.0 Å². The van der Waals surface area contributed by atoms with Crippen molar-refractivity contribution in [2.75, 3.05) is 13.1 Å². The highest BCUT2D eigenvalue weighted by molar-refractivity contribution is 7.89. The second-order valence-corrected chi connectivity index (χ2v) is 7.04. The fraction of sp³-hybridized carbons (Fsp3) is 0.462. The Labute approximate surface area is 121 Å². The van der Waals surface area contributed by atoms with Gasteiger partial charge in [0.15, 0.2) is 11.6 Å². The molecule has 5 nitrogen and oxygen atoms in total. The minimum atomic E-state index is -4.22. The highest BCUT2D eigenvalue weighted by Crippen LogP contribution is 2.26. The highest BCUT2D eigenvalue weighted by atomic mass is 32.2. The van der Waals surface area contributed by atoms with E-state index in [1.165, 1.54) is 4.90 Å². The molecule has 8 heteroatoms. The number of amides is 1. The Morgan fingerprint density at radius 1 is 1.24 bits per heavy atom. The van der Waals surface area contributed by atoms with Crippen molar-refractivity contribution in [1.82, 2.24) is 4.90 Å². The smallest absolute Gasteiger partial charge is 0.257 e. The number of hydrogen-bond acceptors (Lipinski definition) is 3. The van der Waals surface area contributed by atoms with Gasteiger partial charge in [-0.05, 0) is 24.0 Å². The first-order chi connectivity index (χ1) is 9.61. The summed E-state index contributed by atoms with van der Waals surface area (Å²) in [5, 5.41) is 4.90. The average Bonchev–Trinajstić information content (AvgIpc) is 2.70. The number of rotatable bonds is 2. The van der Waals surface area contributed by atoms with Crippen LogP contribution in [0.4, 0.5) is 8.78 Å². The number of carbonyl (C=O) groups excluding carboxylic acids is 1. The number of nitrogens with zero attached hydrogens (tertiary/aromatic N) is 1. The van der Waals surface area contributed by atoms with E-state index in [2.05, 4.69) is 0 Å². The van der Waals surface area contributed by atoms with Crippen molar-refractivity contribution in [2.45, 2.75) is 18.7 Å². The number of carbonyl (C=O) groups is 1. The van der Waals surface area contributed by atoms with Crippen LogP contribution in [0, 0.1) is 23.5 Å². The Morgan fingerprint density at radius 3 is 2.24 bits per heavy atom. The molecule has 0 aromatic heterocycles. The minimum absolute atomic E-state index is 0.239. The van der Waals surface area contributed by atoms with Gasteiger partial charge in [0.05, 0.1) is 10.5 Å². The van der Waals surface area contributed by atoms with Gasteiger partial charge in [-0.2, -0.15) is 0 Å². The number of benzene rings is 1. The Morgan fingerprint density at radius 2 is 1.76 bits per heavy atom. The standard InChI is InChI=1S/C13H16F2N2O3S/c1-7-5-17(6-8(7)2)13(18)10-3-9(21(16,19)20)4-11(14)12(10)15/h3-4,7-8H,5-6H2,1-2H3,(H2,16,19,20). The van der Waals surface area contributed by atoms with Crippen molar-refractivity contribution < 1.29 is 22.0 Å². The molecule has 1 fully saturated rings. The third-order valence-electron chi connectivity index (χ3n) is 3.84. The van der Waals surface area contributed by atoms with E-state index in [0.29, 0.717) is 19.2 Å². The van der Waals surface area contributed by atoms with Crippen molar-refractivity contribution in [2.24, 2.45) is 17.0 Å². The summed E-state index contributed by atoms with van der Waals surface area (Å²) in [5.74, 6) is -3.02. The summed E-state index contributed by atoms with van der Waals surface area (Å²) in [4.78, 5) is 13.0. The maximum atomic E-state index is 13.8. The lowest BCUT2D eigenvalue weighted by molar-refractivity contribution is 0.0779. The Kier molecular flexibility index (Phi) is 4.03. The van der Waals surface area contributed by atoms with Crippen LogP contribution in [0.1, 0.15) is 24.2 Å². The fourth-order valence-electron chi connectivity index (χ4n) is 2.35. The molecule has 0 bridgehead atoms. The number of halogens is 2. The molecule has 2 rings (SSSR count). The van der Waals surface area contributed by atoms with Crippen molar-refractivity contribution >= 4 is 15.9 Å². The first-order valence-corrected chi connectivity index (χ1v) is 7.97. The van der Waals surface area contributed by atoms with Gasteiger partial charge >= 0.3 is 0 Å². The van der Waals surface area contributed by atoms with E-state index in [9.17, 15) is 22.0 Å². The van der Waals surface area contributed by atoms with Gasteiger partial charge in [-0.1, -0.05) is 13.8 Å². The molecule has 2 atom stereocenters. The Balaban J connectivity index is 2.44. The lowest BCUT2D eigenvalue weighted by Gasteiger charge is -2.17. The zero-order valence-corrected chi connectivity index (χ0v) is 12.5. The predicted octanol–water partition coefficient (Wildman–Crippen LogP) is 1.34. The number of likely N-dealkylation sites (tertiary alicyclic amines) is 1. The first kappa shape index (κ1) is 15.8. The summed E-state index contributed by atoms with van der Waals surface area (Å²) in [6, 6.07) is 1.25. The Hall–Kier alpha value is -1.54. The van der Waals surface area contributed by atoms with Gasteiger partial charge in [-0.15, -0.1) is 0 Å². The van der Waals surface area contributed by atoms with Gasteiger partial charge in [-0.25, -0.2) is 22.3 Å². The largest absolute Gasteiger partial charge is 0.338 e. The number of hydrogen-bond donors (Lipinski definition) is 1. The second kappa shape index (κ2) is 5.34. The van der Waals surface area contributed by atoms with Crippen LogP contribution < -0.4 is 5.14 Å². The van der Waals surface area contributed by atoms with E-state index < -0.39 is 38.0 Å². The quantitative estimate of drug-likeness (QED) is 0.893. The molecule has 2 N–H and O–H groups in total. The molecule has 2 unspecified atom stereocenters. The molecule has 1 aliphatic heterocycles. The molecule has 1 amide bonds. The molecule has 1 saturated heterocycles. The third-order valence-corrected chi connectivity index (χ3v) is 4.73. The van der Waals surface area contributed by atoms with Crippen LogP contribution in [0.25, 0.3) is 0 Å². The number of primary sulfonamides is 1. The maximum absolute atomic E-state index is 13.8. The Bertz CT molecular complexity index is 681. The van der Waals surface area contributed by atoms with Crippen LogP contribution in [0.15, 0.2) is 17.0 Å². The molecule has 1 heterocycles. The predicted molar refractivity (Wildman–Crippen MR) is 72.0 cm³/mol. The molecule has 116 valence electrons. The topological polar surface area (TPSA) is 80.5 Å². The van der Waals surface area contributed by atoms with E-state index in [-0.39, 0.29) is 11.8 Å². The molecule has 1 aromatic carbocycles. The van der Waals surface area contributed by atoms with E-state index in [1.807, 2.05) is 13.8 Å². The molecule has 0 spiro atoms. The van der Waals surface area contributed by atoms with Crippen LogP contribution >= 0.6 is 0 Å². The van der Waals surface area contributed by atoms with Crippen LogP contribution in [0.3, 0.4) is 0 Å². The monoisotopic (exact) mass is 318 g/mol. The zero-order valence-electron chi connectivity index (χ0n) is 11.6. The van der Waals surface area contributed by atoms with Crippen LogP contribution in [-0.4, -0.2) is 32.3 Å². The zero-order chi connectivity index (χ0) is 15.9. The maximum Gasteiger partial charge on any atom is 0.257 e. The second-order valence-electron chi connectivity index (χ2n) is 5.48. The fourth-order valence-corrected chi connectivity index (χ4v) is 2.90. The summed E-state index contributed by atoms with van der Waals surface area (Å²) < 4.78 is 49.8. The third kappa shape index (κ3) is 3.06. The van der Waals surface area contributed by atoms with Crippen LogP contribution in [0.2, 0.25) is 0 Å². The summed E-state index contributed by atoms with van der Waals surface area (Å²) in [6.45, 7) is 4.74. The molecular formula is C13H16F2N2O3S. The molecule has 1 aliphatic rings. The SMILES string of the molecule is CC1CN(C(=O)c2cc(S(N)(=O)=O)cc(F)c2F)CC1C. The molecule has 0 radical (unpaired) electrons. The van der Waals surface area contributed by atoms with Crippen molar-refractivity contribution in [3.63, 3.8) is 0 Å². The number of sulfonamides is 1. The van der Waals surface area contributed by atoms with Gasteiger partial charge in [0.1, 0.15) is 0 Å². The summed E-state index contributed by atoms with van der Waals surface area (Å²) in [5.41, 5.74) is -0.611. The molecular weight excluding hydrogens is 302 g/mol. The summed E-state index contributed by atoms with van der Waals surface area (Å²) in [7, 11) is -4.22. The van der Waals surface area contributed by atoms with Gasteiger partial charge in [0.25, 0.3) is 5.91 Å². The van der Waals surface area contributed by atoms with E-state index in [0.717, 1.165) is 6.07 Å². The van der Waals surface area contributed by atoms with Gasteiger partial charge in [0.2, 0.25) is 10.0 Å². The van der Waals surface area contributed by atoms with E-state index >= 15 is 0 Å². The van der Waals surface area contributed by atoms with Crippen molar-refractivity contribution in [3.8, 4) is 0 Å². The minimum Gasteiger partial charge on any atom is -0.338 e. The summed E-state index contributed by atoms with van der Waals surface area (Å²) >= 11 is 0. The van der Waals surface area contributed by atoms with E-state index in [1.54, 1.807) is 0 Å². The number of nitrogens with two attached hydrogens (primary N) is 1. The van der Waals surface area contributed by atoms with Gasteiger partial charge in [-0.3, -0.25) is 4.79 Å².